The fraction of sp³-hybridized carbons (Fsp3) is 0.316. The molecule has 0 aliphatic rings. The minimum atomic E-state index is -0.411. The predicted molar refractivity (Wildman–Crippen MR) is 115 cm³/mol. The van der Waals surface area contributed by atoms with Crippen LogP contribution in [-0.4, -0.2) is 25.5 Å². The first kappa shape index (κ1) is 20.9. The first-order valence-corrected chi connectivity index (χ1v) is 10.3. The molecule has 3 aromatic rings. The Kier molecular flexibility index (Phi) is 6.47. The van der Waals surface area contributed by atoms with Crippen LogP contribution in [0.25, 0.3) is 0 Å². The molecule has 28 heavy (non-hydrogen) atoms. The topological polar surface area (TPSA) is 64.7 Å². The fourth-order valence-electron chi connectivity index (χ4n) is 3.05. The smallest absolute Gasteiger partial charge is 0.249 e. The van der Waals surface area contributed by atoms with Crippen LogP contribution in [0.2, 0.25) is 10.0 Å². The molecule has 0 aliphatic heterocycles. The predicted octanol–water partition coefficient (Wildman–Crippen LogP) is 5.40. The molecule has 0 aliphatic carbocycles. The lowest BCUT2D eigenvalue weighted by Gasteiger charge is -2.16. The minimum Gasteiger partial charge on any atom is -0.321 e. The van der Waals surface area contributed by atoms with Crippen molar-refractivity contribution in [1.29, 1.82) is 0 Å². The zero-order valence-corrected chi connectivity index (χ0v) is 18.8. The first-order valence-electron chi connectivity index (χ1n) is 8.79. The number of aryl methyl sites for hydroxylation is 1. The second kappa shape index (κ2) is 8.68. The largest absolute Gasteiger partial charge is 0.321 e. The first-order chi connectivity index (χ1) is 13.3. The van der Waals surface area contributed by atoms with E-state index in [1.54, 1.807) is 40.0 Å². The maximum atomic E-state index is 12.9. The van der Waals surface area contributed by atoms with Gasteiger partial charge in [-0.05, 0) is 48.3 Å². The number of aromatic nitrogens is 4. The molecule has 0 fully saturated rings. The van der Waals surface area contributed by atoms with Crippen molar-refractivity contribution in [2.24, 2.45) is 0 Å². The zero-order chi connectivity index (χ0) is 20.4. The lowest BCUT2D eigenvalue weighted by molar-refractivity contribution is -0.119. The summed E-state index contributed by atoms with van der Waals surface area (Å²) < 4.78 is 4.28. The Morgan fingerprint density at radius 1 is 1.29 bits per heavy atom. The van der Waals surface area contributed by atoms with Crippen molar-refractivity contribution in [2.45, 2.75) is 39.8 Å². The molecule has 1 N–H and O–H groups in total. The third-order valence-electron chi connectivity index (χ3n) is 4.58. The van der Waals surface area contributed by atoms with Crippen molar-refractivity contribution in [3.63, 3.8) is 0 Å². The standard InChI is InChI=1S/C19H20BrCl2N5O/c1-4-17(27-9-13(20)8-23-27)19(28)24-18-11(2)25-26(12(18)3)10-14-15(21)6-5-7-16(14)22/h5-9,17H,4,10H2,1-3H3,(H,24,28). The molecule has 0 saturated heterocycles. The summed E-state index contributed by atoms with van der Waals surface area (Å²) in [4.78, 5) is 12.9. The Morgan fingerprint density at radius 3 is 2.54 bits per heavy atom. The highest BCUT2D eigenvalue weighted by Crippen LogP contribution is 2.28. The second-order valence-electron chi connectivity index (χ2n) is 6.46. The number of halogens is 3. The van der Waals surface area contributed by atoms with Crippen LogP contribution in [0.4, 0.5) is 5.69 Å². The third kappa shape index (κ3) is 4.26. The van der Waals surface area contributed by atoms with Crippen LogP contribution in [0.1, 0.15) is 36.3 Å². The molecule has 2 aromatic heterocycles. The van der Waals surface area contributed by atoms with Gasteiger partial charge in [0.25, 0.3) is 0 Å². The van der Waals surface area contributed by atoms with E-state index in [2.05, 4.69) is 31.4 Å². The molecule has 0 spiro atoms. The van der Waals surface area contributed by atoms with Crippen molar-refractivity contribution < 1.29 is 4.79 Å². The SMILES string of the molecule is CCC(C(=O)Nc1c(C)nn(Cc2c(Cl)cccc2Cl)c1C)n1cc(Br)cn1. The van der Waals surface area contributed by atoms with E-state index < -0.39 is 6.04 Å². The second-order valence-corrected chi connectivity index (χ2v) is 8.19. The third-order valence-corrected chi connectivity index (χ3v) is 5.70. The van der Waals surface area contributed by atoms with Crippen LogP contribution in [-0.2, 0) is 11.3 Å². The van der Waals surface area contributed by atoms with Gasteiger partial charge in [0.15, 0.2) is 0 Å². The lowest BCUT2D eigenvalue weighted by atomic mass is 10.2. The number of benzene rings is 1. The lowest BCUT2D eigenvalue weighted by Crippen LogP contribution is -2.26. The normalized spacial score (nSPS) is 12.2. The van der Waals surface area contributed by atoms with E-state index in [4.69, 9.17) is 23.2 Å². The number of rotatable bonds is 6. The van der Waals surface area contributed by atoms with Gasteiger partial charge in [-0.15, -0.1) is 0 Å². The molecule has 1 unspecified atom stereocenters. The van der Waals surface area contributed by atoms with Gasteiger partial charge >= 0.3 is 0 Å². The summed E-state index contributed by atoms with van der Waals surface area (Å²) in [5, 5.41) is 13.0. The van der Waals surface area contributed by atoms with Gasteiger partial charge in [0.2, 0.25) is 5.91 Å². The summed E-state index contributed by atoms with van der Waals surface area (Å²) in [5.41, 5.74) is 3.05. The van der Waals surface area contributed by atoms with E-state index in [9.17, 15) is 4.79 Å². The highest BCUT2D eigenvalue weighted by Gasteiger charge is 2.23. The number of nitrogens with zero attached hydrogens (tertiary/aromatic N) is 4. The Hall–Kier alpha value is -1.83. The summed E-state index contributed by atoms with van der Waals surface area (Å²) in [5.74, 6) is -0.139. The van der Waals surface area contributed by atoms with E-state index >= 15 is 0 Å². The molecule has 1 aromatic carbocycles. The van der Waals surface area contributed by atoms with E-state index in [0.717, 1.165) is 21.4 Å². The van der Waals surface area contributed by atoms with Gasteiger partial charge in [-0.2, -0.15) is 10.2 Å². The number of carbonyl (C=O) groups is 1. The van der Waals surface area contributed by atoms with Crippen LogP contribution in [0.3, 0.4) is 0 Å². The average Bonchev–Trinajstić information content (AvgIpc) is 3.17. The summed E-state index contributed by atoms with van der Waals surface area (Å²) in [6.45, 7) is 6.14. The fourth-order valence-corrected chi connectivity index (χ4v) is 3.87. The molecule has 9 heteroatoms. The van der Waals surface area contributed by atoms with Gasteiger partial charge < -0.3 is 5.32 Å². The van der Waals surface area contributed by atoms with Crippen molar-refractivity contribution in [3.05, 3.63) is 62.1 Å². The van der Waals surface area contributed by atoms with Gasteiger partial charge in [-0.25, -0.2) is 0 Å². The van der Waals surface area contributed by atoms with Gasteiger partial charge in [-0.1, -0.05) is 36.2 Å². The number of hydrogen-bond donors (Lipinski definition) is 1. The summed E-state index contributed by atoms with van der Waals surface area (Å²) in [7, 11) is 0. The van der Waals surface area contributed by atoms with Crippen LogP contribution in [0, 0.1) is 13.8 Å². The number of nitrogens with one attached hydrogen (secondary N) is 1. The maximum absolute atomic E-state index is 12.9. The molecule has 1 atom stereocenters. The number of hydrogen-bond acceptors (Lipinski definition) is 3. The molecule has 2 heterocycles. The maximum Gasteiger partial charge on any atom is 0.249 e. The van der Waals surface area contributed by atoms with Crippen LogP contribution in [0.15, 0.2) is 35.1 Å². The quantitative estimate of drug-likeness (QED) is 0.509. The van der Waals surface area contributed by atoms with E-state index in [-0.39, 0.29) is 5.91 Å². The number of carbonyl (C=O) groups excluding carboxylic acids is 1. The zero-order valence-electron chi connectivity index (χ0n) is 15.7. The Labute approximate surface area is 182 Å². The highest BCUT2D eigenvalue weighted by atomic mass is 79.9. The summed E-state index contributed by atoms with van der Waals surface area (Å²) >= 11 is 15.9. The number of anilines is 1. The molecule has 148 valence electrons. The van der Waals surface area contributed by atoms with Crippen molar-refractivity contribution >= 4 is 50.7 Å². The molecule has 0 saturated carbocycles. The minimum absolute atomic E-state index is 0.139. The average molecular weight is 485 g/mol. The van der Waals surface area contributed by atoms with E-state index in [1.165, 1.54) is 0 Å². The van der Waals surface area contributed by atoms with Gasteiger partial charge in [0, 0.05) is 21.8 Å². The van der Waals surface area contributed by atoms with Gasteiger partial charge in [-0.3, -0.25) is 14.2 Å². The van der Waals surface area contributed by atoms with Crippen molar-refractivity contribution in [3.8, 4) is 0 Å². The van der Waals surface area contributed by atoms with Crippen molar-refractivity contribution in [2.75, 3.05) is 5.32 Å². The molecular weight excluding hydrogens is 465 g/mol. The highest BCUT2D eigenvalue weighted by molar-refractivity contribution is 9.10. The van der Waals surface area contributed by atoms with Gasteiger partial charge in [0.1, 0.15) is 6.04 Å². The molecule has 1 amide bonds. The van der Waals surface area contributed by atoms with Crippen molar-refractivity contribution in [1.82, 2.24) is 19.6 Å². The van der Waals surface area contributed by atoms with Crippen LogP contribution in [0.5, 0.6) is 0 Å². The summed E-state index contributed by atoms with van der Waals surface area (Å²) in [6.07, 6.45) is 4.06. The van der Waals surface area contributed by atoms with E-state index in [1.807, 2.05) is 20.8 Å². The summed E-state index contributed by atoms with van der Waals surface area (Å²) in [6, 6.07) is 4.99. The Balaban J connectivity index is 1.84. The van der Waals surface area contributed by atoms with Gasteiger partial charge in [0.05, 0.1) is 34.3 Å². The Morgan fingerprint density at radius 2 is 1.96 bits per heavy atom. The Bertz CT molecular complexity index is 994. The molecule has 0 radical (unpaired) electrons. The van der Waals surface area contributed by atoms with E-state index in [0.29, 0.717) is 28.7 Å². The molecule has 3 rings (SSSR count). The molecule has 0 bridgehead atoms. The molecule has 6 nitrogen and oxygen atoms in total. The number of amides is 1. The monoisotopic (exact) mass is 483 g/mol. The molecular formula is C19H20BrCl2N5O. The van der Waals surface area contributed by atoms with Crippen LogP contribution >= 0.6 is 39.1 Å². The van der Waals surface area contributed by atoms with Crippen LogP contribution < -0.4 is 5.32 Å².